The van der Waals surface area contributed by atoms with Crippen LogP contribution in [-0.4, -0.2) is 30.3 Å². The molecule has 1 aromatic heterocycles. The zero-order chi connectivity index (χ0) is 13.6. The predicted octanol–water partition coefficient (Wildman–Crippen LogP) is 2.27. The summed E-state index contributed by atoms with van der Waals surface area (Å²) >= 11 is 0. The number of rotatable bonds is 8. The van der Waals surface area contributed by atoms with Gasteiger partial charge in [-0.05, 0) is 33.2 Å². The van der Waals surface area contributed by atoms with Gasteiger partial charge in [-0.2, -0.15) is 4.98 Å². The lowest BCUT2D eigenvalue weighted by molar-refractivity contribution is -0.0306. The second-order valence-electron chi connectivity index (χ2n) is 4.65. The first-order valence-corrected chi connectivity index (χ1v) is 6.67. The molecule has 0 saturated carbocycles. The van der Waals surface area contributed by atoms with Crippen LogP contribution in [0, 0.1) is 0 Å². The Hall–Kier alpha value is -0.940. The first-order valence-electron chi connectivity index (χ1n) is 6.67. The molecule has 1 rings (SSSR count). The van der Waals surface area contributed by atoms with E-state index < -0.39 is 5.60 Å². The summed E-state index contributed by atoms with van der Waals surface area (Å²) in [6.07, 6.45) is 3.45. The normalized spacial score (nSPS) is 13.8. The molecule has 0 spiro atoms. The van der Waals surface area contributed by atoms with Crippen molar-refractivity contribution in [3.63, 3.8) is 0 Å². The van der Waals surface area contributed by atoms with Crippen molar-refractivity contribution in [2.75, 3.05) is 14.2 Å². The Bertz CT molecular complexity index is 339. The van der Waals surface area contributed by atoms with E-state index in [1.54, 1.807) is 7.11 Å². The van der Waals surface area contributed by atoms with Crippen LogP contribution in [0.2, 0.25) is 0 Å². The summed E-state index contributed by atoms with van der Waals surface area (Å²) in [4.78, 5) is 4.47. The van der Waals surface area contributed by atoms with Gasteiger partial charge in [-0.3, -0.25) is 0 Å². The minimum atomic E-state index is -0.406. The molecule has 0 fully saturated rings. The third-order valence-electron chi connectivity index (χ3n) is 3.69. The summed E-state index contributed by atoms with van der Waals surface area (Å²) in [6, 6.07) is 0.449. The van der Waals surface area contributed by atoms with E-state index in [4.69, 9.17) is 9.26 Å². The summed E-state index contributed by atoms with van der Waals surface area (Å²) in [7, 11) is 3.65. The van der Waals surface area contributed by atoms with E-state index in [0.717, 1.165) is 25.7 Å². The zero-order valence-corrected chi connectivity index (χ0v) is 12.1. The van der Waals surface area contributed by atoms with Crippen molar-refractivity contribution in [1.29, 1.82) is 0 Å². The molecule has 5 nitrogen and oxygen atoms in total. The lowest BCUT2D eigenvalue weighted by Crippen LogP contribution is -2.28. The summed E-state index contributed by atoms with van der Waals surface area (Å²) in [5, 5.41) is 7.26. The van der Waals surface area contributed by atoms with Gasteiger partial charge in [-0.1, -0.05) is 19.0 Å². The van der Waals surface area contributed by atoms with E-state index in [-0.39, 0.29) is 0 Å². The Balaban J connectivity index is 2.72. The molecular weight excluding hydrogens is 230 g/mol. The van der Waals surface area contributed by atoms with Crippen molar-refractivity contribution in [1.82, 2.24) is 15.5 Å². The molecule has 0 aliphatic heterocycles. The van der Waals surface area contributed by atoms with E-state index in [1.165, 1.54) is 0 Å². The van der Waals surface area contributed by atoms with Gasteiger partial charge in [0.2, 0.25) is 11.7 Å². The first kappa shape index (κ1) is 15.1. The third kappa shape index (κ3) is 3.29. The van der Waals surface area contributed by atoms with E-state index in [2.05, 4.69) is 36.2 Å². The van der Waals surface area contributed by atoms with Crippen molar-refractivity contribution in [2.45, 2.75) is 58.1 Å². The third-order valence-corrected chi connectivity index (χ3v) is 3.69. The molecule has 1 heterocycles. The Kier molecular flexibility index (Phi) is 5.75. The largest absolute Gasteiger partial charge is 0.370 e. The van der Waals surface area contributed by atoms with Gasteiger partial charge in [0.05, 0.1) is 0 Å². The monoisotopic (exact) mass is 255 g/mol. The number of hydrogen-bond donors (Lipinski definition) is 1. The lowest BCUT2D eigenvalue weighted by atomic mass is 9.96. The average Bonchev–Trinajstić information content (AvgIpc) is 2.88. The van der Waals surface area contributed by atoms with Crippen LogP contribution in [0.4, 0.5) is 0 Å². The van der Waals surface area contributed by atoms with Crippen molar-refractivity contribution in [2.24, 2.45) is 0 Å². The van der Waals surface area contributed by atoms with Gasteiger partial charge in [0.1, 0.15) is 5.60 Å². The van der Waals surface area contributed by atoms with Crippen molar-refractivity contribution < 1.29 is 9.26 Å². The number of hydrogen-bond acceptors (Lipinski definition) is 5. The maximum atomic E-state index is 5.59. The van der Waals surface area contributed by atoms with Gasteiger partial charge in [0, 0.05) is 19.6 Å². The van der Waals surface area contributed by atoms with Crippen LogP contribution in [0.1, 0.15) is 51.7 Å². The first-order chi connectivity index (χ1) is 8.61. The fraction of sp³-hybridized carbons (Fsp3) is 0.846. The SMILES string of the molecule is CCC(CC)(OC)c1noc(CCC(C)NC)n1. The lowest BCUT2D eigenvalue weighted by Gasteiger charge is -2.25. The number of nitrogens with one attached hydrogen (secondary N) is 1. The Morgan fingerprint density at radius 2 is 2.06 bits per heavy atom. The molecule has 0 aliphatic carbocycles. The van der Waals surface area contributed by atoms with Crippen LogP contribution in [0.3, 0.4) is 0 Å². The second-order valence-corrected chi connectivity index (χ2v) is 4.65. The van der Waals surface area contributed by atoms with Crippen LogP contribution < -0.4 is 5.32 Å². The molecule has 1 unspecified atom stereocenters. The van der Waals surface area contributed by atoms with Crippen LogP contribution in [0.15, 0.2) is 4.52 Å². The van der Waals surface area contributed by atoms with Crippen molar-refractivity contribution >= 4 is 0 Å². The van der Waals surface area contributed by atoms with E-state index >= 15 is 0 Å². The fourth-order valence-electron chi connectivity index (χ4n) is 1.97. The maximum Gasteiger partial charge on any atom is 0.226 e. The number of nitrogens with zero attached hydrogens (tertiary/aromatic N) is 2. The summed E-state index contributed by atoms with van der Waals surface area (Å²) in [5.74, 6) is 1.36. The smallest absolute Gasteiger partial charge is 0.226 e. The predicted molar refractivity (Wildman–Crippen MR) is 70.4 cm³/mol. The van der Waals surface area contributed by atoms with Gasteiger partial charge >= 0.3 is 0 Å². The quantitative estimate of drug-likeness (QED) is 0.772. The van der Waals surface area contributed by atoms with Gasteiger partial charge in [0.25, 0.3) is 0 Å². The molecule has 0 saturated heterocycles. The molecular formula is C13H25N3O2. The molecule has 0 radical (unpaired) electrons. The highest BCUT2D eigenvalue weighted by Gasteiger charge is 2.33. The Morgan fingerprint density at radius 3 is 2.56 bits per heavy atom. The van der Waals surface area contributed by atoms with Crippen molar-refractivity contribution in [3.05, 3.63) is 11.7 Å². The number of ether oxygens (including phenoxy) is 1. The highest BCUT2D eigenvalue weighted by molar-refractivity contribution is 5.01. The zero-order valence-electron chi connectivity index (χ0n) is 12.1. The number of aromatic nitrogens is 2. The molecule has 5 heteroatoms. The fourth-order valence-corrected chi connectivity index (χ4v) is 1.97. The van der Waals surface area contributed by atoms with Gasteiger partial charge in [-0.25, -0.2) is 0 Å². The molecule has 0 bridgehead atoms. The molecule has 1 aromatic rings. The molecule has 1 N–H and O–H groups in total. The summed E-state index contributed by atoms with van der Waals surface area (Å²) in [5.41, 5.74) is -0.406. The Morgan fingerprint density at radius 1 is 1.39 bits per heavy atom. The van der Waals surface area contributed by atoms with E-state index in [1.807, 2.05) is 7.05 Å². The average molecular weight is 255 g/mol. The number of methoxy groups -OCH3 is 1. The van der Waals surface area contributed by atoms with Crippen LogP contribution in [-0.2, 0) is 16.8 Å². The minimum Gasteiger partial charge on any atom is -0.370 e. The molecule has 0 aliphatic rings. The van der Waals surface area contributed by atoms with Crippen molar-refractivity contribution in [3.8, 4) is 0 Å². The summed E-state index contributed by atoms with van der Waals surface area (Å²) in [6.45, 7) is 6.28. The second kappa shape index (κ2) is 6.85. The van der Waals surface area contributed by atoms with Crippen LogP contribution >= 0.6 is 0 Å². The Labute approximate surface area is 109 Å². The topological polar surface area (TPSA) is 60.2 Å². The van der Waals surface area contributed by atoms with E-state index in [0.29, 0.717) is 17.8 Å². The number of aryl methyl sites for hydroxylation is 1. The summed E-state index contributed by atoms with van der Waals surface area (Å²) < 4.78 is 10.9. The highest BCUT2D eigenvalue weighted by atomic mass is 16.5. The molecule has 0 amide bonds. The molecule has 0 aromatic carbocycles. The standard InChI is InChI=1S/C13H25N3O2/c1-6-13(7-2,17-5)12-15-11(18-16-12)9-8-10(3)14-4/h10,14H,6-9H2,1-5H3. The van der Waals surface area contributed by atoms with Gasteiger partial charge in [-0.15, -0.1) is 0 Å². The molecule has 104 valence electrons. The maximum absolute atomic E-state index is 5.59. The molecule has 1 atom stereocenters. The van der Waals surface area contributed by atoms with Gasteiger partial charge < -0.3 is 14.6 Å². The van der Waals surface area contributed by atoms with Crippen LogP contribution in [0.5, 0.6) is 0 Å². The minimum absolute atomic E-state index is 0.406. The molecule has 18 heavy (non-hydrogen) atoms. The van der Waals surface area contributed by atoms with Crippen LogP contribution in [0.25, 0.3) is 0 Å². The highest BCUT2D eigenvalue weighted by Crippen LogP contribution is 2.30. The van der Waals surface area contributed by atoms with E-state index in [9.17, 15) is 0 Å². The van der Waals surface area contributed by atoms with Gasteiger partial charge in [0.15, 0.2) is 0 Å².